The zero-order chi connectivity index (χ0) is 23.0. The largest absolute Gasteiger partial charge is 0.493 e. The number of hydrogen-bond acceptors (Lipinski definition) is 5. The minimum Gasteiger partial charge on any atom is -0.493 e. The van der Waals surface area contributed by atoms with E-state index in [1.807, 2.05) is 84.7 Å². The molecule has 3 aromatic rings. The Labute approximate surface area is 195 Å². The molecule has 1 unspecified atom stereocenters. The molecule has 6 nitrogen and oxygen atoms in total. The SMILES string of the molecule is COc1cc(CNC(=O)c2ccccc2N(C)c2ccccc2)ccc1OCC1CCCO1. The van der Waals surface area contributed by atoms with Crippen LogP contribution >= 0.6 is 0 Å². The van der Waals surface area contributed by atoms with Crippen molar-refractivity contribution in [2.45, 2.75) is 25.5 Å². The number of nitrogens with zero attached hydrogens (tertiary/aromatic N) is 1. The molecular formula is C27H30N2O4. The van der Waals surface area contributed by atoms with Crippen molar-refractivity contribution in [1.29, 1.82) is 0 Å². The van der Waals surface area contributed by atoms with Crippen LogP contribution in [0.2, 0.25) is 0 Å². The Morgan fingerprint density at radius 2 is 1.85 bits per heavy atom. The van der Waals surface area contributed by atoms with Gasteiger partial charge in [-0.15, -0.1) is 0 Å². The van der Waals surface area contributed by atoms with Crippen molar-refractivity contribution in [2.24, 2.45) is 0 Å². The average molecular weight is 447 g/mol. The molecule has 1 atom stereocenters. The zero-order valence-electron chi connectivity index (χ0n) is 19.1. The van der Waals surface area contributed by atoms with Gasteiger partial charge in [0.15, 0.2) is 11.5 Å². The quantitative estimate of drug-likeness (QED) is 0.504. The van der Waals surface area contributed by atoms with Gasteiger partial charge in [-0.2, -0.15) is 0 Å². The highest BCUT2D eigenvalue weighted by Gasteiger charge is 2.18. The summed E-state index contributed by atoms with van der Waals surface area (Å²) in [5.74, 6) is 1.19. The van der Waals surface area contributed by atoms with Crippen molar-refractivity contribution >= 4 is 17.3 Å². The highest BCUT2D eigenvalue weighted by Crippen LogP contribution is 2.30. The van der Waals surface area contributed by atoms with E-state index in [4.69, 9.17) is 14.2 Å². The number of ether oxygens (including phenoxy) is 3. The smallest absolute Gasteiger partial charge is 0.253 e. The second-order valence-corrected chi connectivity index (χ2v) is 8.03. The molecule has 0 saturated carbocycles. The number of anilines is 2. The molecule has 0 aromatic heterocycles. The van der Waals surface area contributed by atoms with Crippen LogP contribution in [0.3, 0.4) is 0 Å². The first-order valence-corrected chi connectivity index (χ1v) is 11.2. The number of para-hydroxylation sites is 2. The molecule has 3 aromatic carbocycles. The van der Waals surface area contributed by atoms with Crippen LogP contribution in [-0.2, 0) is 11.3 Å². The van der Waals surface area contributed by atoms with E-state index < -0.39 is 0 Å². The van der Waals surface area contributed by atoms with Crippen molar-refractivity contribution in [2.75, 3.05) is 32.3 Å². The highest BCUT2D eigenvalue weighted by atomic mass is 16.5. The van der Waals surface area contributed by atoms with Gasteiger partial charge in [-0.1, -0.05) is 36.4 Å². The third kappa shape index (κ3) is 5.65. The number of carbonyl (C=O) groups excluding carboxylic acids is 1. The van der Waals surface area contributed by atoms with Gasteiger partial charge in [0.1, 0.15) is 6.61 Å². The van der Waals surface area contributed by atoms with Crippen molar-refractivity contribution in [1.82, 2.24) is 5.32 Å². The summed E-state index contributed by atoms with van der Waals surface area (Å²) in [5.41, 5.74) is 3.41. The number of benzene rings is 3. The van der Waals surface area contributed by atoms with E-state index >= 15 is 0 Å². The van der Waals surface area contributed by atoms with Gasteiger partial charge in [0.25, 0.3) is 5.91 Å². The Morgan fingerprint density at radius 1 is 1.06 bits per heavy atom. The molecule has 0 spiro atoms. The zero-order valence-corrected chi connectivity index (χ0v) is 19.1. The summed E-state index contributed by atoms with van der Waals surface area (Å²) in [5, 5.41) is 3.03. The summed E-state index contributed by atoms with van der Waals surface area (Å²) >= 11 is 0. The molecule has 1 aliphatic heterocycles. The van der Waals surface area contributed by atoms with Crippen LogP contribution in [-0.4, -0.2) is 39.4 Å². The molecule has 0 aliphatic carbocycles. The maximum Gasteiger partial charge on any atom is 0.253 e. The Hall–Kier alpha value is -3.51. The fraction of sp³-hybridized carbons (Fsp3) is 0.296. The van der Waals surface area contributed by atoms with Crippen molar-refractivity contribution < 1.29 is 19.0 Å². The molecule has 4 rings (SSSR count). The second kappa shape index (κ2) is 10.9. The van der Waals surface area contributed by atoms with Gasteiger partial charge in [0.05, 0.1) is 24.5 Å². The van der Waals surface area contributed by atoms with Crippen LogP contribution in [0, 0.1) is 0 Å². The number of rotatable bonds is 9. The lowest BCUT2D eigenvalue weighted by Gasteiger charge is -2.22. The van der Waals surface area contributed by atoms with Crippen LogP contribution in [0.1, 0.15) is 28.8 Å². The average Bonchev–Trinajstić information content (AvgIpc) is 3.40. The van der Waals surface area contributed by atoms with Crippen LogP contribution in [0.5, 0.6) is 11.5 Å². The summed E-state index contributed by atoms with van der Waals surface area (Å²) in [6.07, 6.45) is 2.24. The van der Waals surface area contributed by atoms with Crippen LogP contribution in [0.15, 0.2) is 72.8 Å². The molecule has 0 radical (unpaired) electrons. The van der Waals surface area contributed by atoms with Gasteiger partial charge in [-0.05, 0) is 54.8 Å². The summed E-state index contributed by atoms with van der Waals surface area (Å²) in [4.78, 5) is 15.0. The Morgan fingerprint density at radius 3 is 2.61 bits per heavy atom. The molecular weight excluding hydrogens is 416 g/mol. The van der Waals surface area contributed by atoms with E-state index in [9.17, 15) is 4.79 Å². The standard InChI is InChI=1S/C27H30N2O4/c1-29(21-9-4-3-5-10-21)24-13-7-6-12-23(24)27(30)28-18-20-14-15-25(26(17-20)31-2)33-19-22-11-8-16-32-22/h3-7,9-10,12-15,17,22H,8,11,16,18-19H2,1-2H3,(H,28,30). The maximum absolute atomic E-state index is 13.0. The molecule has 1 N–H and O–H groups in total. The molecule has 172 valence electrons. The van der Waals surface area contributed by atoms with Gasteiger partial charge in [0.2, 0.25) is 0 Å². The fourth-order valence-corrected chi connectivity index (χ4v) is 3.93. The van der Waals surface area contributed by atoms with Gasteiger partial charge >= 0.3 is 0 Å². The first kappa shape index (κ1) is 22.7. The van der Waals surface area contributed by atoms with Crippen molar-refractivity contribution in [3.63, 3.8) is 0 Å². The first-order chi connectivity index (χ1) is 16.2. The summed E-state index contributed by atoms with van der Waals surface area (Å²) in [6.45, 7) is 1.69. The van der Waals surface area contributed by atoms with Crippen molar-refractivity contribution in [3.8, 4) is 11.5 Å². The van der Waals surface area contributed by atoms with Gasteiger partial charge in [0, 0.05) is 25.9 Å². The third-order valence-electron chi connectivity index (χ3n) is 5.78. The minimum atomic E-state index is -0.133. The molecule has 1 heterocycles. The highest BCUT2D eigenvalue weighted by molar-refractivity contribution is 6.00. The molecule has 1 amide bonds. The lowest BCUT2D eigenvalue weighted by atomic mass is 10.1. The van der Waals surface area contributed by atoms with E-state index in [0.29, 0.717) is 30.2 Å². The van der Waals surface area contributed by atoms with Crippen LogP contribution in [0.4, 0.5) is 11.4 Å². The molecule has 0 bridgehead atoms. The lowest BCUT2D eigenvalue weighted by Crippen LogP contribution is -2.25. The molecule has 1 fully saturated rings. The second-order valence-electron chi connectivity index (χ2n) is 8.03. The normalized spacial score (nSPS) is 15.2. The van der Waals surface area contributed by atoms with Crippen LogP contribution in [0.25, 0.3) is 0 Å². The fourth-order valence-electron chi connectivity index (χ4n) is 3.93. The number of nitrogens with one attached hydrogen (secondary N) is 1. The van der Waals surface area contributed by atoms with Gasteiger partial charge in [-0.3, -0.25) is 4.79 Å². The maximum atomic E-state index is 13.0. The number of amides is 1. The van der Waals surface area contributed by atoms with Gasteiger partial charge in [-0.25, -0.2) is 0 Å². The molecule has 1 saturated heterocycles. The predicted octanol–water partition coefficient (Wildman–Crippen LogP) is 4.95. The van der Waals surface area contributed by atoms with E-state index in [1.165, 1.54) is 0 Å². The third-order valence-corrected chi connectivity index (χ3v) is 5.78. The number of methoxy groups -OCH3 is 1. The van der Waals surface area contributed by atoms with Crippen molar-refractivity contribution in [3.05, 3.63) is 83.9 Å². The summed E-state index contributed by atoms with van der Waals surface area (Å²) in [6, 6.07) is 23.3. The summed E-state index contributed by atoms with van der Waals surface area (Å²) in [7, 11) is 3.58. The number of hydrogen-bond donors (Lipinski definition) is 1. The van der Waals surface area contributed by atoms with Crippen LogP contribution < -0.4 is 19.7 Å². The topological polar surface area (TPSA) is 60.0 Å². The van der Waals surface area contributed by atoms with E-state index in [0.717, 1.165) is 36.4 Å². The monoisotopic (exact) mass is 446 g/mol. The first-order valence-electron chi connectivity index (χ1n) is 11.2. The Balaban J connectivity index is 1.41. The van der Waals surface area contributed by atoms with E-state index in [-0.39, 0.29) is 12.0 Å². The Bertz CT molecular complexity index is 1060. The van der Waals surface area contributed by atoms with Gasteiger partial charge < -0.3 is 24.4 Å². The molecule has 6 heteroatoms. The molecule has 33 heavy (non-hydrogen) atoms. The minimum absolute atomic E-state index is 0.133. The van der Waals surface area contributed by atoms with E-state index in [2.05, 4.69) is 5.32 Å². The summed E-state index contributed by atoms with van der Waals surface area (Å²) < 4.78 is 17.0. The lowest BCUT2D eigenvalue weighted by molar-refractivity contribution is 0.0669. The number of carbonyl (C=O) groups is 1. The van der Waals surface area contributed by atoms with E-state index in [1.54, 1.807) is 7.11 Å². The molecule has 1 aliphatic rings. The predicted molar refractivity (Wildman–Crippen MR) is 130 cm³/mol. The Kier molecular flexibility index (Phi) is 7.47.